The Labute approximate surface area is 109 Å². The van der Waals surface area contributed by atoms with Gasteiger partial charge >= 0.3 is 6.18 Å². The molecule has 0 saturated heterocycles. The van der Waals surface area contributed by atoms with Crippen molar-refractivity contribution in [2.45, 2.75) is 25.9 Å². The summed E-state index contributed by atoms with van der Waals surface area (Å²) in [6, 6.07) is 0.822. The van der Waals surface area contributed by atoms with Gasteiger partial charge in [-0.15, -0.1) is 0 Å². The van der Waals surface area contributed by atoms with Gasteiger partial charge in [0.1, 0.15) is 5.82 Å². The van der Waals surface area contributed by atoms with Crippen LogP contribution in [0.4, 0.5) is 24.9 Å². The van der Waals surface area contributed by atoms with Gasteiger partial charge in [0.15, 0.2) is 5.69 Å². The van der Waals surface area contributed by atoms with Gasteiger partial charge in [0.25, 0.3) is 0 Å². The second-order valence-corrected chi connectivity index (χ2v) is 3.89. The van der Waals surface area contributed by atoms with Crippen molar-refractivity contribution in [2.75, 3.05) is 30.8 Å². The van der Waals surface area contributed by atoms with Crippen LogP contribution in [0.2, 0.25) is 0 Å². The van der Waals surface area contributed by atoms with E-state index in [4.69, 9.17) is 10.5 Å². The summed E-state index contributed by atoms with van der Waals surface area (Å²) in [5.41, 5.74) is 4.17. The van der Waals surface area contributed by atoms with Crippen LogP contribution in [0.15, 0.2) is 6.07 Å². The minimum Gasteiger partial charge on any atom is -0.380 e. The highest BCUT2D eigenvalue weighted by molar-refractivity contribution is 5.41. The zero-order valence-corrected chi connectivity index (χ0v) is 10.6. The highest BCUT2D eigenvalue weighted by Gasteiger charge is 2.33. The molecule has 1 rings (SSSR count). The fraction of sp³-hybridized carbons (Fsp3) is 0.636. The van der Waals surface area contributed by atoms with Crippen molar-refractivity contribution in [3.63, 3.8) is 0 Å². The predicted molar refractivity (Wildman–Crippen MR) is 65.7 cm³/mol. The number of hydrogen-bond acceptors (Lipinski definition) is 5. The van der Waals surface area contributed by atoms with Crippen LogP contribution in [0.3, 0.4) is 0 Å². The third kappa shape index (κ3) is 5.73. The quantitative estimate of drug-likeness (QED) is 0.749. The molecule has 0 aliphatic carbocycles. The average Bonchev–Trinajstić information content (AvgIpc) is 2.32. The van der Waals surface area contributed by atoms with E-state index >= 15 is 0 Å². The zero-order chi connectivity index (χ0) is 14.3. The normalized spacial score (nSPS) is 11.6. The Hall–Kier alpha value is -1.57. The molecule has 0 aromatic carbocycles. The van der Waals surface area contributed by atoms with Crippen LogP contribution in [-0.4, -0.2) is 29.7 Å². The van der Waals surface area contributed by atoms with Gasteiger partial charge in [0, 0.05) is 19.2 Å². The molecule has 1 aromatic heterocycles. The van der Waals surface area contributed by atoms with Gasteiger partial charge in [-0.25, -0.2) is 4.98 Å². The van der Waals surface area contributed by atoms with Crippen molar-refractivity contribution in [3.05, 3.63) is 11.8 Å². The molecular weight excluding hydrogens is 261 g/mol. The van der Waals surface area contributed by atoms with Gasteiger partial charge < -0.3 is 15.8 Å². The van der Waals surface area contributed by atoms with Crippen LogP contribution in [0.25, 0.3) is 0 Å². The third-order valence-corrected chi connectivity index (χ3v) is 2.23. The molecule has 1 aromatic rings. The maximum atomic E-state index is 12.5. The van der Waals surface area contributed by atoms with Crippen molar-refractivity contribution in [3.8, 4) is 0 Å². The Kier molecular flexibility index (Phi) is 5.81. The molecule has 0 bridgehead atoms. The molecule has 0 fully saturated rings. The van der Waals surface area contributed by atoms with Gasteiger partial charge in [0.05, 0.1) is 6.61 Å². The first kappa shape index (κ1) is 15.5. The van der Waals surface area contributed by atoms with E-state index in [0.717, 1.165) is 18.9 Å². The molecule has 0 aliphatic heterocycles. The molecule has 0 spiro atoms. The number of hydrogen-bond donors (Lipinski definition) is 2. The van der Waals surface area contributed by atoms with Crippen LogP contribution in [-0.2, 0) is 10.9 Å². The summed E-state index contributed by atoms with van der Waals surface area (Å²) in [6.07, 6.45) is -2.55. The second kappa shape index (κ2) is 7.13. The van der Waals surface area contributed by atoms with E-state index in [-0.39, 0.29) is 5.82 Å². The second-order valence-electron chi connectivity index (χ2n) is 3.89. The van der Waals surface area contributed by atoms with Crippen LogP contribution < -0.4 is 11.1 Å². The van der Waals surface area contributed by atoms with Crippen molar-refractivity contribution in [1.29, 1.82) is 0 Å². The molecule has 0 unspecified atom stereocenters. The van der Waals surface area contributed by atoms with Gasteiger partial charge in [-0.2, -0.15) is 18.2 Å². The number of anilines is 2. The number of alkyl halides is 3. The monoisotopic (exact) mass is 278 g/mol. The van der Waals surface area contributed by atoms with E-state index in [9.17, 15) is 13.2 Å². The number of rotatable bonds is 7. The Bertz CT molecular complexity index is 398. The first-order valence-electron chi connectivity index (χ1n) is 5.97. The van der Waals surface area contributed by atoms with Gasteiger partial charge in [-0.1, -0.05) is 13.3 Å². The number of aromatic nitrogens is 2. The molecular formula is C11H17F3N4O. The minimum atomic E-state index is -4.54. The van der Waals surface area contributed by atoms with E-state index in [1.807, 2.05) is 6.92 Å². The highest BCUT2D eigenvalue weighted by atomic mass is 19.4. The highest BCUT2D eigenvalue weighted by Crippen LogP contribution is 2.29. The Balaban J connectivity index is 2.48. The number of nitrogens with one attached hydrogen (secondary N) is 1. The molecule has 8 heteroatoms. The fourth-order valence-corrected chi connectivity index (χ4v) is 1.30. The molecule has 19 heavy (non-hydrogen) atoms. The van der Waals surface area contributed by atoms with Crippen molar-refractivity contribution >= 4 is 11.8 Å². The summed E-state index contributed by atoms with van der Waals surface area (Å²) >= 11 is 0. The lowest BCUT2D eigenvalue weighted by molar-refractivity contribution is -0.141. The van der Waals surface area contributed by atoms with Crippen molar-refractivity contribution in [1.82, 2.24) is 9.97 Å². The summed E-state index contributed by atoms with van der Waals surface area (Å²) in [7, 11) is 0. The molecule has 1 heterocycles. The van der Waals surface area contributed by atoms with Crippen LogP contribution in [0.1, 0.15) is 25.5 Å². The summed E-state index contributed by atoms with van der Waals surface area (Å²) in [4.78, 5) is 6.83. The molecule has 0 radical (unpaired) electrons. The number of ether oxygens (including phenoxy) is 1. The number of nitrogens with two attached hydrogens (primary N) is 1. The van der Waals surface area contributed by atoms with E-state index in [1.54, 1.807) is 0 Å². The molecule has 5 nitrogen and oxygen atoms in total. The number of unbranched alkanes of at least 4 members (excludes halogenated alkanes) is 1. The van der Waals surface area contributed by atoms with Gasteiger partial charge in [-0.3, -0.25) is 0 Å². The number of halogens is 3. The van der Waals surface area contributed by atoms with Crippen LogP contribution in [0.5, 0.6) is 0 Å². The lowest BCUT2D eigenvalue weighted by Gasteiger charge is -2.10. The summed E-state index contributed by atoms with van der Waals surface area (Å²) in [5, 5.41) is 2.72. The maximum absolute atomic E-state index is 12.5. The molecule has 0 atom stereocenters. The Morgan fingerprint density at radius 1 is 1.32 bits per heavy atom. The SMILES string of the molecule is CCCCOCCNc1cc(C(F)(F)F)nc(N)n1. The smallest absolute Gasteiger partial charge is 0.380 e. The largest absolute Gasteiger partial charge is 0.433 e. The summed E-state index contributed by atoms with van der Waals surface area (Å²) in [6.45, 7) is 3.44. The third-order valence-electron chi connectivity index (χ3n) is 2.23. The van der Waals surface area contributed by atoms with E-state index in [1.165, 1.54) is 0 Å². The lowest BCUT2D eigenvalue weighted by atomic mass is 10.3. The number of nitrogen functional groups attached to an aromatic ring is 1. The van der Waals surface area contributed by atoms with Crippen molar-refractivity contribution in [2.24, 2.45) is 0 Å². The molecule has 0 saturated carbocycles. The molecule has 0 amide bonds. The topological polar surface area (TPSA) is 73.1 Å². The van der Waals surface area contributed by atoms with E-state index < -0.39 is 17.8 Å². The standard InChI is InChI=1S/C11H17F3N4O/c1-2-3-5-19-6-4-16-9-7-8(11(12,13)14)17-10(15)18-9/h7H,2-6H2,1H3,(H3,15,16,17,18). The van der Waals surface area contributed by atoms with E-state index in [2.05, 4.69) is 15.3 Å². The van der Waals surface area contributed by atoms with E-state index in [0.29, 0.717) is 19.8 Å². The minimum absolute atomic E-state index is 0.0407. The summed E-state index contributed by atoms with van der Waals surface area (Å²) < 4.78 is 42.7. The first-order chi connectivity index (χ1) is 8.93. The van der Waals surface area contributed by atoms with Crippen LogP contribution in [0, 0.1) is 0 Å². The lowest BCUT2D eigenvalue weighted by Crippen LogP contribution is -2.15. The maximum Gasteiger partial charge on any atom is 0.433 e. The Morgan fingerprint density at radius 2 is 2.05 bits per heavy atom. The Morgan fingerprint density at radius 3 is 2.68 bits per heavy atom. The average molecular weight is 278 g/mol. The predicted octanol–water partition coefficient (Wildman–Crippen LogP) is 2.31. The fourth-order valence-electron chi connectivity index (χ4n) is 1.30. The zero-order valence-electron chi connectivity index (χ0n) is 10.6. The molecule has 0 aliphatic rings. The van der Waals surface area contributed by atoms with Gasteiger partial charge in [0.2, 0.25) is 5.95 Å². The van der Waals surface area contributed by atoms with Crippen LogP contribution >= 0.6 is 0 Å². The molecule has 3 N–H and O–H groups in total. The van der Waals surface area contributed by atoms with Crippen molar-refractivity contribution < 1.29 is 17.9 Å². The van der Waals surface area contributed by atoms with Gasteiger partial charge in [-0.05, 0) is 6.42 Å². The first-order valence-corrected chi connectivity index (χ1v) is 5.97. The number of nitrogens with zero attached hydrogens (tertiary/aromatic N) is 2. The molecule has 108 valence electrons. The summed E-state index contributed by atoms with van der Waals surface area (Å²) in [5.74, 6) is -0.372.